The van der Waals surface area contributed by atoms with Gasteiger partial charge in [-0.15, -0.1) is 0 Å². The summed E-state index contributed by atoms with van der Waals surface area (Å²) in [5.41, 5.74) is 0. The number of unbranched alkanes of at least 4 members (excludes halogenated alkanes) is 10. The number of hydrogen-bond donors (Lipinski definition) is 1. The SMILES string of the molecule is CCCCCCCCCCCCCOC(=O)[C@H](C)NP(=O)(Cl)Oc1ccccc1. The van der Waals surface area contributed by atoms with Gasteiger partial charge >= 0.3 is 12.8 Å². The molecule has 2 atom stereocenters. The van der Waals surface area contributed by atoms with Gasteiger partial charge in [-0.3, -0.25) is 4.79 Å². The fourth-order valence-electron chi connectivity index (χ4n) is 2.99. The highest BCUT2D eigenvalue weighted by atomic mass is 35.7. The van der Waals surface area contributed by atoms with Gasteiger partial charge in [0.2, 0.25) is 0 Å². The van der Waals surface area contributed by atoms with Crippen LogP contribution in [0.1, 0.15) is 84.5 Å². The zero-order valence-electron chi connectivity index (χ0n) is 17.9. The molecule has 166 valence electrons. The minimum absolute atomic E-state index is 0.369. The molecule has 0 saturated carbocycles. The Morgan fingerprint density at radius 3 is 2.03 bits per heavy atom. The maximum absolute atomic E-state index is 12.3. The number of ether oxygens (including phenoxy) is 1. The summed E-state index contributed by atoms with van der Waals surface area (Å²) in [4.78, 5) is 12.0. The van der Waals surface area contributed by atoms with Crippen molar-refractivity contribution in [1.29, 1.82) is 0 Å². The number of para-hydroxylation sites is 1. The molecule has 0 fully saturated rings. The zero-order valence-corrected chi connectivity index (χ0v) is 19.6. The molecule has 1 N–H and O–H groups in total. The minimum Gasteiger partial charge on any atom is -0.465 e. The van der Waals surface area contributed by atoms with Crippen LogP contribution in [0.2, 0.25) is 0 Å². The molecule has 1 rings (SSSR count). The lowest BCUT2D eigenvalue weighted by molar-refractivity contribution is -0.145. The van der Waals surface area contributed by atoms with Crippen molar-refractivity contribution in [3.05, 3.63) is 30.3 Å². The van der Waals surface area contributed by atoms with E-state index in [1.807, 2.05) is 6.07 Å². The van der Waals surface area contributed by atoms with Crippen LogP contribution in [0.15, 0.2) is 30.3 Å². The maximum Gasteiger partial charge on any atom is 0.409 e. The quantitative estimate of drug-likeness (QED) is 0.155. The van der Waals surface area contributed by atoms with Crippen LogP contribution in [0.25, 0.3) is 0 Å². The first-order valence-corrected chi connectivity index (χ1v) is 13.5. The number of carbonyl (C=O) groups is 1. The van der Waals surface area contributed by atoms with Gasteiger partial charge in [-0.05, 0) is 25.5 Å². The van der Waals surface area contributed by atoms with E-state index in [1.165, 1.54) is 57.8 Å². The predicted octanol–water partition coefficient (Wildman–Crippen LogP) is 7.24. The van der Waals surface area contributed by atoms with Crippen LogP contribution in [0.3, 0.4) is 0 Å². The largest absolute Gasteiger partial charge is 0.465 e. The summed E-state index contributed by atoms with van der Waals surface area (Å²) in [6.45, 7) is 0.499. The standard InChI is InChI=1S/C22H37ClNO4P/c1-3-4-5-6-7-8-9-10-11-12-16-19-27-22(25)20(2)24-29(23,26)28-21-17-14-13-15-18-21/h13-15,17-18,20H,3-12,16,19H2,1-2H3,(H,24,26)/t20-,29?/m0/s1. The van der Waals surface area contributed by atoms with E-state index >= 15 is 0 Å². The van der Waals surface area contributed by atoms with Gasteiger partial charge in [0, 0.05) is 11.2 Å². The Balaban J connectivity index is 2.05. The second-order valence-electron chi connectivity index (χ2n) is 7.44. The van der Waals surface area contributed by atoms with E-state index in [4.69, 9.17) is 20.5 Å². The molecule has 0 bridgehead atoms. The molecule has 1 aromatic rings. The molecule has 5 nitrogen and oxygen atoms in total. The fraction of sp³-hybridized carbons (Fsp3) is 0.682. The highest BCUT2D eigenvalue weighted by Gasteiger charge is 2.28. The van der Waals surface area contributed by atoms with E-state index in [0.717, 1.165) is 12.8 Å². The number of carbonyl (C=O) groups excluding carboxylic acids is 1. The Hall–Kier alpha value is -1.03. The molecular weight excluding hydrogens is 409 g/mol. The number of halogens is 1. The van der Waals surface area contributed by atoms with Gasteiger partial charge in [0.05, 0.1) is 6.61 Å². The van der Waals surface area contributed by atoms with Crippen molar-refractivity contribution in [2.24, 2.45) is 0 Å². The first-order chi connectivity index (χ1) is 13.9. The number of esters is 1. The van der Waals surface area contributed by atoms with Crippen LogP contribution in [0, 0.1) is 0 Å². The molecule has 1 unspecified atom stereocenters. The number of benzene rings is 1. The Bertz CT molecular complexity index is 600. The smallest absolute Gasteiger partial charge is 0.409 e. The maximum atomic E-state index is 12.3. The molecule has 0 saturated heterocycles. The third kappa shape index (κ3) is 13.8. The highest BCUT2D eigenvalue weighted by Crippen LogP contribution is 2.48. The lowest BCUT2D eigenvalue weighted by Gasteiger charge is -2.18. The first kappa shape index (κ1) is 26.0. The molecular formula is C22H37ClNO4P. The van der Waals surface area contributed by atoms with E-state index in [-0.39, 0.29) is 0 Å². The van der Waals surface area contributed by atoms with Crippen LogP contribution in [-0.4, -0.2) is 18.6 Å². The Morgan fingerprint density at radius 2 is 1.48 bits per heavy atom. The summed E-state index contributed by atoms with van der Waals surface area (Å²) in [5.74, 6) is -0.102. The Labute approximate surface area is 181 Å². The van der Waals surface area contributed by atoms with Gasteiger partial charge in [0.15, 0.2) is 0 Å². The Morgan fingerprint density at radius 1 is 0.966 bits per heavy atom. The molecule has 0 spiro atoms. The van der Waals surface area contributed by atoms with Crippen molar-refractivity contribution in [1.82, 2.24) is 5.09 Å². The molecule has 0 aromatic heterocycles. The normalized spacial score (nSPS) is 14.2. The third-order valence-electron chi connectivity index (χ3n) is 4.66. The number of hydrogen-bond acceptors (Lipinski definition) is 4. The van der Waals surface area contributed by atoms with Crippen molar-refractivity contribution in [2.75, 3.05) is 6.61 Å². The molecule has 0 heterocycles. The van der Waals surface area contributed by atoms with Gasteiger partial charge in [-0.25, -0.2) is 9.65 Å². The first-order valence-electron chi connectivity index (χ1n) is 10.9. The van der Waals surface area contributed by atoms with Crippen LogP contribution >= 0.6 is 18.1 Å². The van der Waals surface area contributed by atoms with Crippen LogP contribution in [-0.2, 0) is 14.1 Å². The van der Waals surface area contributed by atoms with E-state index in [2.05, 4.69) is 12.0 Å². The van der Waals surface area contributed by atoms with Gasteiger partial charge in [0.1, 0.15) is 11.8 Å². The second kappa shape index (κ2) is 15.8. The summed E-state index contributed by atoms with van der Waals surface area (Å²) in [7, 11) is 0. The van der Waals surface area contributed by atoms with Gasteiger partial charge in [-0.2, -0.15) is 0 Å². The van der Waals surface area contributed by atoms with Crippen LogP contribution in [0.4, 0.5) is 0 Å². The van der Waals surface area contributed by atoms with Gasteiger partial charge < -0.3 is 9.26 Å². The van der Waals surface area contributed by atoms with E-state index < -0.39 is 18.9 Å². The van der Waals surface area contributed by atoms with E-state index in [0.29, 0.717) is 12.4 Å². The topological polar surface area (TPSA) is 64.6 Å². The molecule has 1 aromatic carbocycles. The summed E-state index contributed by atoms with van der Waals surface area (Å²) >= 11 is 5.90. The molecule has 0 aliphatic rings. The van der Waals surface area contributed by atoms with Crippen LogP contribution < -0.4 is 9.61 Å². The molecule has 0 radical (unpaired) electrons. The number of nitrogens with one attached hydrogen (secondary N) is 1. The second-order valence-corrected chi connectivity index (χ2v) is 10.2. The van der Waals surface area contributed by atoms with Crippen molar-refractivity contribution >= 4 is 24.1 Å². The van der Waals surface area contributed by atoms with Gasteiger partial charge in [-0.1, -0.05) is 89.3 Å². The minimum atomic E-state index is -3.67. The lowest BCUT2D eigenvalue weighted by atomic mass is 10.1. The van der Waals surface area contributed by atoms with Crippen molar-refractivity contribution in [3.63, 3.8) is 0 Å². The summed E-state index contributed by atoms with van der Waals surface area (Å²) in [6.07, 6.45) is 13.7. The lowest BCUT2D eigenvalue weighted by Crippen LogP contribution is -2.33. The summed E-state index contributed by atoms with van der Waals surface area (Å²) in [6, 6.07) is 7.79. The molecule has 7 heteroatoms. The average Bonchev–Trinajstić information content (AvgIpc) is 2.68. The van der Waals surface area contributed by atoms with Crippen molar-refractivity contribution in [3.8, 4) is 5.75 Å². The summed E-state index contributed by atoms with van der Waals surface area (Å²) in [5, 5.41) is 2.52. The highest BCUT2D eigenvalue weighted by molar-refractivity contribution is 7.84. The van der Waals surface area contributed by atoms with Crippen LogP contribution in [0.5, 0.6) is 5.75 Å². The van der Waals surface area contributed by atoms with Crippen molar-refractivity contribution < 1.29 is 18.6 Å². The third-order valence-corrected chi connectivity index (χ3v) is 6.30. The number of rotatable bonds is 17. The zero-order chi connectivity index (χ0) is 21.4. The van der Waals surface area contributed by atoms with Gasteiger partial charge in [0.25, 0.3) is 0 Å². The molecule has 29 heavy (non-hydrogen) atoms. The average molecular weight is 446 g/mol. The Kier molecular flexibility index (Phi) is 14.1. The molecule has 0 aliphatic heterocycles. The monoisotopic (exact) mass is 445 g/mol. The van der Waals surface area contributed by atoms with Crippen molar-refractivity contribution in [2.45, 2.75) is 90.5 Å². The molecule has 0 aliphatic carbocycles. The summed E-state index contributed by atoms with van der Waals surface area (Å²) < 4.78 is 22.8. The molecule has 0 amide bonds. The van der Waals surface area contributed by atoms with E-state index in [9.17, 15) is 9.36 Å². The van der Waals surface area contributed by atoms with E-state index in [1.54, 1.807) is 31.2 Å². The predicted molar refractivity (Wildman–Crippen MR) is 121 cm³/mol. The fourth-order valence-corrected chi connectivity index (χ4v) is 4.68.